The van der Waals surface area contributed by atoms with Crippen LogP contribution in [-0.2, 0) is 56.7 Å². The lowest BCUT2D eigenvalue weighted by molar-refractivity contribution is -0.248. The molecule has 11 atom stereocenters. The molecule has 29 nitrogen and oxygen atoms in total. The maximum atomic E-state index is 14.0. The van der Waals surface area contributed by atoms with Crippen LogP contribution in [0.2, 0.25) is 0 Å². The molecule has 14 N–H and O–H groups in total. The molecule has 2 aromatic rings. The van der Waals surface area contributed by atoms with Crippen molar-refractivity contribution in [3.63, 3.8) is 0 Å². The minimum Gasteiger partial charge on any atom is -0.465 e. The average Bonchev–Trinajstić information content (AvgIpc) is 3.66. The number of halogens is 1. The van der Waals surface area contributed by atoms with Gasteiger partial charge in [0.25, 0.3) is 0 Å². The molecule has 2 aliphatic heterocycles. The van der Waals surface area contributed by atoms with Gasteiger partial charge in [-0.05, 0) is 66.0 Å². The number of hydrogen-bond acceptors (Lipinski definition) is 23. The Kier molecular flexibility index (Phi) is 28.0. The van der Waals surface area contributed by atoms with Gasteiger partial charge in [0.05, 0.1) is 19.8 Å². The van der Waals surface area contributed by atoms with Gasteiger partial charge in [-0.15, -0.1) is 12.4 Å². The van der Waals surface area contributed by atoms with Gasteiger partial charge in [-0.3, -0.25) is 32.6 Å². The quantitative estimate of drug-likeness (QED) is 0.0277. The zero-order valence-electron chi connectivity index (χ0n) is 42.0. The summed E-state index contributed by atoms with van der Waals surface area (Å²) in [5.74, 6) is -5.59. The van der Waals surface area contributed by atoms with E-state index in [1.54, 1.807) is 6.92 Å². The molecule has 420 valence electrons. The molecule has 0 saturated carbocycles. The summed E-state index contributed by atoms with van der Waals surface area (Å²) in [6.07, 6.45) is -3.69. The highest BCUT2D eigenvalue weighted by atomic mass is 35.5. The Morgan fingerprint density at radius 2 is 1.04 bits per heavy atom. The fraction of sp³-hybridized carbons (Fsp3) is 0.732. The smallest absolute Gasteiger partial charge is 0.351 e. The standard InChI is InChI=1S/C24H42N5O10P.C10H16N3O8P.C7H15NO2.ClH/c1-6-8-12-36-21(32)15(3)27-40(35,28-16(4)22(33)37-13-9-7-2)14-38-24(5)19(31)18(30)20(39-24)29-11-10-17(25)26-23(29)34;1-10(20-4-22(17,18)19)7(15)6(14)8(21-10)13-3-2-5(11)12-9(13)16;1-3-4-5-10-7(9)6(2)8;/h10-11,15-16,18-20,30-31H,6-9,12-14H2,1-5H3,(H2,25,26,34)(H2,27,28,35);2-3,6-8,14-15H,4H2,1H3,(H2,11,12,16)(H2,17,18,19);6H,3-5,8H2,1-2H3;1H/t15-,16-,18+,19-,20+,24-;6-,7+,8-,10+;6-;/m010./s1. The second-order valence-corrected chi connectivity index (χ2v) is 20.9. The van der Waals surface area contributed by atoms with Gasteiger partial charge in [0.15, 0.2) is 30.4 Å². The van der Waals surface area contributed by atoms with Crippen LogP contribution in [-0.4, -0.2) is 154 Å². The molecule has 2 aliphatic rings. The molecular weight excluding hydrogens is 1040 g/mol. The Morgan fingerprint density at radius 1 is 0.699 bits per heavy atom. The first-order valence-corrected chi connectivity index (χ1v) is 26.7. The summed E-state index contributed by atoms with van der Waals surface area (Å²) in [5.41, 5.74) is 14.4. The number of nitrogen functional groups attached to an aromatic ring is 2. The van der Waals surface area contributed by atoms with E-state index in [0.717, 1.165) is 34.8 Å². The SMILES string of the molecule is CCCCOC(=O)[C@H](C)N.CCCCOC(=O)[C@H](C)NP(=O)(CO[C@@]1(C)O[C@@H](n2ccc(N)nc2=O)[C@H](O)[C@@H]1O)N[C@@H](C)C(=O)OCCCC.C[C@]1(OCP(=O)(O)O)O[C@@H](n2ccc(N)nc2=O)[C@H](O)[C@@H]1O.Cl. The Morgan fingerprint density at radius 3 is 1.36 bits per heavy atom. The van der Waals surface area contributed by atoms with Crippen LogP contribution in [0.5, 0.6) is 0 Å². The predicted molar refractivity (Wildman–Crippen MR) is 262 cm³/mol. The van der Waals surface area contributed by atoms with Crippen LogP contribution in [0.15, 0.2) is 34.1 Å². The molecule has 2 saturated heterocycles. The number of unbranched alkanes of at least 4 members (excludes halogenated alkanes) is 3. The van der Waals surface area contributed by atoms with Gasteiger partial charge in [0.1, 0.15) is 60.5 Å². The van der Waals surface area contributed by atoms with Gasteiger partial charge in [0, 0.05) is 12.4 Å². The highest BCUT2D eigenvalue weighted by Gasteiger charge is 2.55. The molecule has 32 heteroatoms. The third kappa shape index (κ3) is 20.9. The van der Waals surface area contributed by atoms with Crippen LogP contribution in [0.4, 0.5) is 11.6 Å². The molecular formula is C41H74ClN9O20P2. The number of carbonyl (C=O) groups is 3. The van der Waals surface area contributed by atoms with E-state index >= 15 is 0 Å². The monoisotopic (exact) mass is 1110 g/mol. The molecule has 73 heavy (non-hydrogen) atoms. The molecule has 0 aromatic carbocycles. The van der Waals surface area contributed by atoms with Gasteiger partial charge >= 0.3 is 36.9 Å². The number of nitrogens with two attached hydrogens (primary N) is 3. The number of ether oxygens (including phenoxy) is 7. The van der Waals surface area contributed by atoms with E-state index in [0.29, 0.717) is 19.4 Å². The van der Waals surface area contributed by atoms with Crippen molar-refractivity contribution in [2.24, 2.45) is 5.73 Å². The van der Waals surface area contributed by atoms with Crippen LogP contribution >= 0.6 is 27.4 Å². The number of anilines is 2. The van der Waals surface area contributed by atoms with E-state index in [9.17, 15) is 53.5 Å². The van der Waals surface area contributed by atoms with Crippen molar-refractivity contribution in [3.8, 4) is 0 Å². The molecule has 4 heterocycles. The molecule has 0 bridgehead atoms. The zero-order valence-corrected chi connectivity index (χ0v) is 44.6. The van der Waals surface area contributed by atoms with E-state index in [2.05, 4.69) is 20.1 Å². The summed E-state index contributed by atoms with van der Waals surface area (Å²) in [5, 5.41) is 46.6. The Labute approximate surface area is 427 Å². The molecule has 2 fully saturated rings. The second kappa shape index (κ2) is 30.5. The molecule has 0 aliphatic carbocycles. The van der Waals surface area contributed by atoms with Crippen LogP contribution in [0, 0.1) is 0 Å². The number of esters is 3. The number of aliphatic hydroxyl groups excluding tert-OH is 4. The molecule has 0 radical (unpaired) electrons. The summed E-state index contributed by atoms with van der Waals surface area (Å²) in [7, 11) is -8.47. The Balaban J connectivity index is 0.000000670. The maximum Gasteiger partial charge on any atom is 0.351 e. The summed E-state index contributed by atoms with van der Waals surface area (Å²) in [6.45, 7) is 13.8. The lowest BCUT2D eigenvalue weighted by atomic mass is 10.1. The Bertz CT molecular complexity index is 2240. The first-order valence-electron chi connectivity index (χ1n) is 23.0. The summed E-state index contributed by atoms with van der Waals surface area (Å²) in [4.78, 5) is 84.2. The zero-order chi connectivity index (χ0) is 54.8. The summed E-state index contributed by atoms with van der Waals surface area (Å²) in [6, 6.07) is -0.0264. The van der Waals surface area contributed by atoms with Crippen molar-refractivity contribution in [1.29, 1.82) is 0 Å². The minimum absolute atomic E-state index is 0. The largest absolute Gasteiger partial charge is 0.465 e. The lowest BCUT2D eigenvalue weighted by Gasteiger charge is -2.32. The van der Waals surface area contributed by atoms with E-state index in [1.807, 2.05) is 20.8 Å². The predicted octanol–water partition coefficient (Wildman–Crippen LogP) is -0.355. The fourth-order valence-electron chi connectivity index (χ4n) is 6.22. The molecule has 0 unspecified atom stereocenters. The highest BCUT2D eigenvalue weighted by Crippen LogP contribution is 2.44. The molecule has 0 spiro atoms. The molecule has 4 rings (SSSR count). The van der Waals surface area contributed by atoms with Gasteiger partial charge in [-0.2, -0.15) is 9.97 Å². The number of carbonyl (C=O) groups excluding carboxylic acids is 3. The highest BCUT2D eigenvalue weighted by molar-refractivity contribution is 7.59. The number of rotatable bonds is 24. The van der Waals surface area contributed by atoms with Gasteiger partial charge in [-0.1, -0.05) is 40.0 Å². The van der Waals surface area contributed by atoms with E-state index < -0.39 is 118 Å². The van der Waals surface area contributed by atoms with Crippen molar-refractivity contribution >= 4 is 57.0 Å². The van der Waals surface area contributed by atoms with Crippen LogP contribution < -0.4 is 38.8 Å². The normalized spacial score (nSPS) is 24.9. The molecule has 0 amide bonds. The number of nitrogens with one attached hydrogen (secondary N) is 2. The third-order valence-electron chi connectivity index (χ3n) is 10.4. The second-order valence-electron chi connectivity index (χ2n) is 17.0. The number of aromatic nitrogens is 4. The summed E-state index contributed by atoms with van der Waals surface area (Å²) < 4.78 is 63.4. The Hall–Kier alpha value is -4.00. The average molecular weight is 1110 g/mol. The fourth-order valence-corrected chi connectivity index (χ4v) is 8.77. The van der Waals surface area contributed by atoms with Crippen LogP contribution in [0.3, 0.4) is 0 Å². The summed E-state index contributed by atoms with van der Waals surface area (Å²) >= 11 is 0. The molecule has 2 aromatic heterocycles. The van der Waals surface area contributed by atoms with Crippen molar-refractivity contribution in [3.05, 3.63) is 45.5 Å². The lowest BCUT2D eigenvalue weighted by Crippen LogP contribution is -2.46. The maximum absolute atomic E-state index is 14.0. The first-order chi connectivity index (χ1) is 33.5. The van der Waals surface area contributed by atoms with E-state index in [4.69, 9.17) is 60.1 Å². The topological polar surface area (TPSA) is 443 Å². The van der Waals surface area contributed by atoms with Gasteiger partial charge in [-0.25, -0.2) is 19.8 Å². The van der Waals surface area contributed by atoms with Gasteiger partial charge < -0.3 is 80.6 Å². The number of aliphatic hydroxyl groups is 4. The van der Waals surface area contributed by atoms with Crippen molar-refractivity contribution in [2.75, 3.05) is 44.0 Å². The van der Waals surface area contributed by atoms with Crippen molar-refractivity contribution in [1.82, 2.24) is 29.3 Å². The first kappa shape index (κ1) is 67.0. The number of nitrogens with zero attached hydrogens (tertiary/aromatic N) is 4. The van der Waals surface area contributed by atoms with Crippen LogP contribution in [0.25, 0.3) is 0 Å². The van der Waals surface area contributed by atoms with Crippen molar-refractivity contribution in [2.45, 2.75) is 160 Å². The third-order valence-corrected chi connectivity index (χ3v) is 13.0. The van der Waals surface area contributed by atoms with E-state index in [-0.39, 0.29) is 43.2 Å². The van der Waals surface area contributed by atoms with Gasteiger partial charge in [0.2, 0.25) is 7.44 Å². The van der Waals surface area contributed by atoms with Crippen molar-refractivity contribution < 1.29 is 86.9 Å². The van der Waals surface area contributed by atoms with E-state index in [1.165, 1.54) is 52.2 Å². The van der Waals surface area contributed by atoms with Crippen LogP contribution in [0.1, 0.15) is 106 Å². The minimum atomic E-state index is -4.51. The number of hydrogen-bond donors (Lipinski definition) is 11.